The molecule has 0 radical (unpaired) electrons. The zero-order valence-electron chi connectivity index (χ0n) is 19.3. The number of hydrogen-bond acceptors (Lipinski definition) is 4. The van der Waals surface area contributed by atoms with Crippen LogP contribution in [-0.4, -0.2) is 25.2 Å². The molecule has 0 aromatic heterocycles. The van der Waals surface area contributed by atoms with Crippen molar-refractivity contribution in [3.05, 3.63) is 11.6 Å². The smallest absolute Gasteiger partial charge is 0.302 e. The minimum Gasteiger partial charge on any atom is -0.468 e. The van der Waals surface area contributed by atoms with Crippen LogP contribution in [0.15, 0.2) is 11.6 Å². The lowest BCUT2D eigenvalue weighted by Crippen LogP contribution is -2.50. The van der Waals surface area contributed by atoms with Crippen molar-refractivity contribution >= 4 is 12.4 Å². The highest BCUT2D eigenvalue weighted by molar-refractivity contribution is 5.66. The van der Waals surface area contributed by atoms with Crippen LogP contribution in [-0.2, 0) is 19.1 Å². The molecule has 4 aliphatic rings. The fraction of sp³-hybridized carbons (Fsp3) is 0.846. The van der Waals surface area contributed by atoms with E-state index in [1.165, 1.54) is 39.0 Å². The van der Waals surface area contributed by atoms with E-state index in [0.29, 0.717) is 41.7 Å². The standard InChI is InChI=1S/C26H40O4/c1-17(11-14-29-16-27)22-7-8-23-21-6-5-19-15-20(30-18(2)28)9-12-25(19,3)24(21)10-13-26(22,23)4/h6,16-17,19-20,22-24H,5,7-15H2,1-4H3/t17-,19?,20+,22-,23+,24+,25+,26-/m1/s1. The second-order valence-corrected chi connectivity index (χ2v) is 11.2. The minimum atomic E-state index is -0.131. The molecule has 1 unspecified atom stereocenters. The quantitative estimate of drug-likeness (QED) is 0.241. The molecule has 4 heteroatoms. The molecule has 4 aliphatic carbocycles. The number of hydrogen-bond donors (Lipinski definition) is 0. The van der Waals surface area contributed by atoms with Gasteiger partial charge in [0.05, 0.1) is 6.61 Å². The molecule has 0 bridgehead atoms. The second-order valence-electron chi connectivity index (χ2n) is 11.2. The molecular formula is C26H40O4. The third-order valence-electron chi connectivity index (χ3n) is 9.88. The van der Waals surface area contributed by atoms with E-state index in [1.807, 2.05) is 0 Å². The van der Waals surface area contributed by atoms with E-state index < -0.39 is 0 Å². The van der Waals surface area contributed by atoms with Crippen LogP contribution in [0, 0.1) is 40.4 Å². The Morgan fingerprint density at radius 2 is 1.90 bits per heavy atom. The van der Waals surface area contributed by atoms with Gasteiger partial charge in [-0.15, -0.1) is 0 Å². The number of carbonyl (C=O) groups is 2. The van der Waals surface area contributed by atoms with Gasteiger partial charge in [-0.2, -0.15) is 0 Å². The van der Waals surface area contributed by atoms with Crippen molar-refractivity contribution in [2.45, 2.75) is 91.6 Å². The van der Waals surface area contributed by atoms with Gasteiger partial charge in [0, 0.05) is 6.92 Å². The highest BCUT2D eigenvalue weighted by Crippen LogP contribution is 2.67. The van der Waals surface area contributed by atoms with Crippen LogP contribution in [0.3, 0.4) is 0 Å². The molecule has 3 fully saturated rings. The van der Waals surface area contributed by atoms with Crippen LogP contribution in [0.2, 0.25) is 0 Å². The number of allylic oxidation sites excluding steroid dienone is 2. The average Bonchev–Trinajstić information content (AvgIpc) is 3.05. The summed E-state index contributed by atoms with van der Waals surface area (Å²) in [5, 5.41) is 0. The third-order valence-corrected chi connectivity index (χ3v) is 9.88. The minimum absolute atomic E-state index is 0.120. The van der Waals surface area contributed by atoms with Crippen LogP contribution >= 0.6 is 0 Å². The molecule has 0 heterocycles. The first-order valence-corrected chi connectivity index (χ1v) is 12.2. The van der Waals surface area contributed by atoms with E-state index in [9.17, 15) is 9.59 Å². The Kier molecular flexibility index (Phi) is 6.07. The van der Waals surface area contributed by atoms with Gasteiger partial charge in [0.15, 0.2) is 0 Å². The first-order valence-electron chi connectivity index (χ1n) is 12.2. The summed E-state index contributed by atoms with van der Waals surface area (Å²) in [6.45, 7) is 10.1. The zero-order chi connectivity index (χ0) is 21.5. The summed E-state index contributed by atoms with van der Waals surface area (Å²) in [4.78, 5) is 22.0. The zero-order valence-corrected chi connectivity index (χ0v) is 19.3. The van der Waals surface area contributed by atoms with Gasteiger partial charge in [0.25, 0.3) is 6.47 Å². The number of ether oxygens (including phenoxy) is 2. The summed E-state index contributed by atoms with van der Waals surface area (Å²) in [5.41, 5.74) is 2.53. The predicted molar refractivity (Wildman–Crippen MR) is 117 cm³/mol. The van der Waals surface area contributed by atoms with Crippen LogP contribution in [0.5, 0.6) is 0 Å². The summed E-state index contributed by atoms with van der Waals surface area (Å²) >= 11 is 0. The summed E-state index contributed by atoms with van der Waals surface area (Å²) < 4.78 is 10.6. The Bertz CT molecular complexity index is 699. The van der Waals surface area contributed by atoms with Crippen molar-refractivity contribution in [1.82, 2.24) is 0 Å². The van der Waals surface area contributed by atoms with Gasteiger partial charge in [0.1, 0.15) is 6.10 Å². The molecule has 0 N–H and O–H groups in total. The van der Waals surface area contributed by atoms with E-state index in [1.54, 1.807) is 5.57 Å². The van der Waals surface area contributed by atoms with Gasteiger partial charge >= 0.3 is 5.97 Å². The molecule has 0 amide bonds. The normalized spacial score (nSPS) is 43.5. The van der Waals surface area contributed by atoms with Gasteiger partial charge < -0.3 is 9.47 Å². The molecule has 0 aliphatic heterocycles. The number of esters is 1. The SMILES string of the molecule is CC(=O)O[C@H]1CC[C@@]2(C)C(CC=C3[C@@H]4CC[C@H]([C@H](C)CCOC=O)[C@@]4(C)CC[C@@H]32)C1. The molecule has 168 valence electrons. The molecule has 0 spiro atoms. The Morgan fingerprint density at radius 1 is 1.17 bits per heavy atom. The summed E-state index contributed by atoms with van der Waals surface area (Å²) in [5.74, 6) is 3.27. The van der Waals surface area contributed by atoms with Crippen molar-refractivity contribution in [3.8, 4) is 0 Å². The van der Waals surface area contributed by atoms with Crippen molar-refractivity contribution in [2.24, 2.45) is 40.4 Å². The molecule has 4 nitrogen and oxygen atoms in total. The van der Waals surface area contributed by atoms with Crippen molar-refractivity contribution in [1.29, 1.82) is 0 Å². The van der Waals surface area contributed by atoms with Gasteiger partial charge in [-0.1, -0.05) is 32.4 Å². The van der Waals surface area contributed by atoms with E-state index in [0.717, 1.165) is 37.5 Å². The fourth-order valence-electron chi connectivity index (χ4n) is 8.29. The lowest BCUT2D eigenvalue weighted by Gasteiger charge is -2.58. The topological polar surface area (TPSA) is 52.6 Å². The first kappa shape index (κ1) is 21.9. The molecular weight excluding hydrogens is 376 g/mol. The van der Waals surface area contributed by atoms with Gasteiger partial charge in [-0.05, 0) is 98.2 Å². The highest BCUT2D eigenvalue weighted by Gasteiger charge is 2.58. The Hall–Kier alpha value is -1.32. The monoisotopic (exact) mass is 416 g/mol. The van der Waals surface area contributed by atoms with E-state index in [2.05, 4.69) is 26.8 Å². The van der Waals surface area contributed by atoms with Crippen molar-refractivity contribution in [3.63, 3.8) is 0 Å². The summed E-state index contributed by atoms with van der Waals surface area (Å²) in [7, 11) is 0. The molecule has 0 aromatic rings. The molecule has 8 atom stereocenters. The Balaban J connectivity index is 1.50. The Morgan fingerprint density at radius 3 is 2.63 bits per heavy atom. The molecule has 0 aromatic carbocycles. The maximum absolute atomic E-state index is 11.4. The van der Waals surface area contributed by atoms with Crippen LogP contribution in [0.25, 0.3) is 0 Å². The van der Waals surface area contributed by atoms with Gasteiger partial charge in [0.2, 0.25) is 0 Å². The lowest BCUT2D eigenvalue weighted by molar-refractivity contribution is -0.152. The van der Waals surface area contributed by atoms with E-state index in [-0.39, 0.29) is 12.1 Å². The fourth-order valence-corrected chi connectivity index (χ4v) is 8.29. The number of carbonyl (C=O) groups excluding carboxylic acids is 2. The summed E-state index contributed by atoms with van der Waals surface area (Å²) in [6, 6.07) is 0. The maximum Gasteiger partial charge on any atom is 0.302 e. The van der Waals surface area contributed by atoms with Gasteiger partial charge in [-0.25, -0.2) is 0 Å². The third kappa shape index (κ3) is 3.62. The van der Waals surface area contributed by atoms with Crippen LogP contribution < -0.4 is 0 Å². The summed E-state index contributed by atoms with van der Waals surface area (Å²) in [6.07, 6.45) is 13.4. The molecule has 30 heavy (non-hydrogen) atoms. The first-order chi connectivity index (χ1) is 14.3. The molecule has 0 saturated heterocycles. The second kappa shape index (κ2) is 8.31. The van der Waals surface area contributed by atoms with Crippen molar-refractivity contribution < 1.29 is 19.1 Å². The van der Waals surface area contributed by atoms with Crippen LogP contribution in [0.4, 0.5) is 0 Å². The maximum atomic E-state index is 11.4. The predicted octanol–water partition coefficient (Wildman–Crippen LogP) is 5.70. The highest BCUT2D eigenvalue weighted by atomic mass is 16.5. The van der Waals surface area contributed by atoms with Crippen LogP contribution in [0.1, 0.15) is 85.5 Å². The average molecular weight is 417 g/mol. The molecule has 3 saturated carbocycles. The number of rotatable bonds is 6. The van der Waals surface area contributed by atoms with E-state index >= 15 is 0 Å². The Labute approximate surface area is 182 Å². The largest absolute Gasteiger partial charge is 0.468 e. The van der Waals surface area contributed by atoms with Crippen molar-refractivity contribution in [2.75, 3.05) is 6.61 Å². The van der Waals surface area contributed by atoms with Gasteiger partial charge in [-0.3, -0.25) is 9.59 Å². The number of fused-ring (bicyclic) bond motifs is 5. The van der Waals surface area contributed by atoms with E-state index in [4.69, 9.17) is 9.47 Å². The lowest BCUT2D eigenvalue weighted by atomic mass is 9.47. The molecule has 4 rings (SSSR count).